The Labute approximate surface area is 145 Å². The van der Waals surface area contributed by atoms with Crippen LogP contribution in [0.2, 0.25) is 5.02 Å². The van der Waals surface area contributed by atoms with E-state index in [-0.39, 0.29) is 18.0 Å². The lowest BCUT2D eigenvalue weighted by Crippen LogP contribution is -2.46. The molecule has 24 heavy (non-hydrogen) atoms. The fourth-order valence-electron chi connectivity index (χ4n) is 2.05. The Balaban J connectivity index is 1.98. The molecule has 2 aromatic carbocycles. The minimum atomic E-state index is -1.09. The molecule has 0 radical (unpaired) electrons. The summed E-state index contributed by atoms with van der Waals surface area (Å²) in [7, 11) is 0. The second-order valence-corrected chi connectivity index (χ2v) is 6.19. The smallest absolute Gasteiger partial charge is 0.335 e. The first-order valence-corrected chi connectivity index (χ1v) is 7.71. The van der Waals surface area contributed by atoms with Crippen molar-refractivity contribution in [2.45, 2.75) is 26.0 Å². The predicted molar refractivity (Wildman–Crippen MR) is 91.4 cm³/mol. The zero-order valence-corrected chi connectivity index (χ0v) is 14.1. The highest BCUT2D eigenvalue weighted by molar-refractivity contribution is 6.30. The van der Waals surface area contributed by atoms with Gasteiger partial charge < -0.3 is 15.2 Å². The Morgan fingerprint density at radius 1 is 1.17 bits per heavy atom. The number of amides is 1. The van der Waals surface area contributed by atoms with E-state index in [4.69, 9.17) is 21.4 Å². The Bertz CT molecular complexity index is 741. The van der Waals surface area contributed by atoms with Gasteiger partial charge in [-0.25, -0.2) is 4.79 Å². The molecule has 2 aromatic rings. The molecule has 0 aliphatic rings. The molecule has 0 fully saturated rings. The predicted octanol–water partition coefficient (Wildman–Crippen LogP) is 3.51. The molecular formula is C18H18ClNO4. The molecule has 0 aliphatic heterocycles. The lowest BCUT2D eigenvalue weighted by atomic mass is 10.1. The van der Waals surface area contributed by atoms with Crippen LogP contribution >= 0.6 is 11.6 Å². The molecule has 126 valence electrons. The SMILES string of the molecule is CC(C)(Oc1ccc(Cl)cc1)C(=O)NCc1cccc(C(=O)O)c1. The molecule has 5 nitrogen and oxygen atoms in total. The Hall–Kier alpha value is -2.53. The molecule has 2 rings (SSSR count). The molecule has 1 amide bonds. The van der Waals surface area contributed by atoms with E-state index in [1.165, 1.54) is 12.1 Å². The maximum absolute atomic E-state index is 12.3. The molecule has 0 saturated heterocycles. The van der Waals surface area contributed by atoms with E-state index in [0.717, 1.165) is 0 Å². The van der Waals surface area contributed by atoms with Crippen molar-refractivity contribution in [3.8, 4) is 5.75 Å². The standard InChI is InChI=1S/C18H18ClNO4/c1-18(2,24-15-8-6-14(19)7-9-15)17(23)20-11-12-4-3-5-13(10-12)16(21)22/h3-10H,11H2,1-2H3,(H,20,23)(H,21,22). The number of halogens is 1. The highest BCUT2D eigenvalue weighted by Crippen LogP contribution is 2.21. The van der Waals surface area contributed by atoms with E-state index in [0.29, 0.717) is 16.3 Å². The van der Waals surface area contributed by atoms with E-state index < -0.39 is 11.6 Å². The van der Waals surface area contributed by atoms with Crippen molar-refractivity contribution in [3.63, 3.8) is 0 Å². The van der Waals surface area contributed by atoms with Gasteiger partial charge >= 0.3 is 5.97 Å². The lowest BCUT2D eigenvalue weighted by molar-refractivity contribution is -0.134. The van der Waals surface area contributed by atoms with Crippen molar-refractivity contribution in [3.05, 3.63) is 64.7 Å². The van der Waals surface area contributed by atoms with E-state index in [1.54, 1.807) is 50.2 Å². The minimum Gasteiger partial charge on any atom is -0.478 e. The normalized spacial score (nSPS) is 11.0. The summed E-state index contributed by atoms with van der Waals surface area (Å²) in [4.78, 5) is 23.3. The number of hydrogen-bond donors (Lipinski definition) is 2. The van der Waals surface area contributed by atoms with E-state index in [1.807, 2.05) is 0 Å². The second kappa shape index (κ2) is 7.36. The van der Waals surface area contributed by atoms with E-state index in [2.05, 4.69) is 5.32 Å². The van der Waals surface area contributed by atoms with Crippen molar-refractivity contribution >= 4 is 23.5 Å². The fraction of sp³-hybridized carbons (Fsp3) is 0.222. The molecular weight excluding hydrogens is 330 g/mol. The molecule has 0 aromatic heterocycles. The Morgan fingerprint density at radius 2 is 1.83 bits per heavy atom. The molecule has 0 saturated carbocycles. The first-order valence-electron chi connectivity index (χ1n) is 7.33. The van der Waals surface area contributed by atoms with Crippen LogP contribution in [0.5, 0.6) is 5.75 Å². The summed E-state index contributed by atoms with van der Waals surface area (Å²) in [5, 5.41) is 12.3. The number of hydrogen-bond acceptors (Lipinski definition) is 3. The third-order valence-electron chi connectivity index (χ3n) is 3.36. The summed E-state index contributed by atoms with van der Waals surface area (Å²) in [6, 6.07) is 13.2. The largest absolute Gasteiger partial charge is 0.478 e. The van der Waals surface area contributed by atoms with Crippen molar-refractivity contribution in [1.29, 1.82) is 0 Å². The summed E-state index contributed by atoms with van der Waals surface area (Å²) in [5.74, 6) is -0.778. The van der Waals surface area contributed by atoms with Gasteiger partial charge in [0.05, 0.1) is 5.56 Å². The molecule has 0 aliphatic carbocycles. The number of carboxylic acids is 1. The van der Waals surface area contributed by atoms with E-state index >= 15 is 0 Å². The summed E-state index contributed by atoms with van der Waals surface area (Å²) in [6.45, 7) is 3.53. The van der Waals surface area contributed by atoms with Gasteiger partial charge in [-0.1, -0.05) is 23.7 Å². The van der Waals surface area contributed by atoms with Gasteiger partial charge in [0.2, 0.25) is 0 Å². The van der Waals surface area contributed by atoms with Crippen molar-refractivity contribution < 1.29 is 19.4 Å². The van der Waals surface area contributed by atoms with E-state index in [9.17, 15) is 9.59 Å². The van der Waals surface area contributed by atoms with Gasteiger partial charge in [0.15, 0.2) is 5.60 Å². The van der Waals surface area contributed by atoms with Gasteiger partial charge in [-0.05, 0) is 55.8 Å². The van der Waals surface area contributed by atoms with Gasteiger partial charge in [-0.3, -0.25) is 4.79 Å². The molecule has 6 heteroatoms. The summed E-state index contributed by atoms with van der Waals surface area (Å²) >= 11 is 5.82. The topological polar surface area (TPSA) is 75.6 Å². The summed E-state index contributed by atoms with van der Waals surface area (Å²) < 4.78 is 5.70. The molecule has 0 spiro atoms. The molecule has 0 bridgehead atoms. The maximum atomic E-state index is 12.3. The first-order chi connectivity index (χ1) is 11.3. The fourth-order valence-corrected chi connectivity index (χ4v) is 2.18. The second-order valence-electron chi connectivity index (χ2n) is 5.75. The van der Waals surface area contributed by atoms with Gasteiger partial charge in [0.1, 0.15) is 5.75 Å². The molecule has 2 N–H and O–H groups in total. The van der Waals surface area contributed by atoms with Crippen LogP contribution in [0.3, 0.4) is 0 Å². The van der Waals surface area contributed by atoms with Crippen molar-refractivity contribution in [2.75, 3.05) is 0 Å². The van der Waals surface area contributed by atoms with Crippen LogP contribution in [0.15, 0.2) is 48.5 Å². The van der Waals surface area contributed by atoms with Crippen LogP contribution in [0.25, 0.3) is 0 Å². The number of nitrogens with one attached hydrogen (secondary N) is 1. The number of carboxylic acid groups (broad SMARTS) is 1. The highest BCUT2D eigenvalue weighted by atomic mass is 35.5. The van der Waals surface area contributed by atoms with Gasteiger partial charge in [-0.15, -0.1) is 0 Å². The zero-order chi connectivity index (χ0) is 17.7. The lowest BCUT2D eigenvalue weighted by Gasteiger charge is -2.25. The van der Waals surface area contributed by atoms with Crippen molar-refractivity contribution in [1.82, 2.24) is 5.32 Å². The number of benzene rings is 2. The summed E-state index contributed by atoms with van der Waals surface area (Å²) in [6.07, 6.45) is 0. The van der Waals surface area contributed by atoms with Crippen LogP contribution in [-0.4, -0.2) is 22.6 Å². The number of carbonyl (C=O) groups is 2. The number of ether oxygens (including phenoxy) is 1. The number of aromatic carboxylic acids is 1. The van der Waals surface area contributed by atoms with Crippen LogP contribution in [0, 0.1) is 0 Å². The van der Waals surface area contributed by atoms with Crippen LogP contribution in [0.4, 0.5) is 0 Å². The average molecular weight is 348 g/mol. The van der Waals surface area contributed by atoms with Crippen molar-refractivity contribution in [2.24, 2.45) is 0 Å². The highest BCUT2D eigenvalue weighted by Gasteiger charge is 2.29. The quantitative estimate of drug-likeness (QED) is 0.838. The maximum Gasteiger partial charge on any atom is 0.335 e. The molecule has 0 atom stereocenters. The van der Waals surface area contributed by atoms with Crippen LogP contribution in [-0.2, 0) is 11.3 Å². The summed E-state index contributed by atoms with van der Waals surface area (Å²) in [5.41, 5.74) is -0.206. The Morgan fingerprint density at radius 3 is 2.46 bits per heavy atom. The number of carbonyl (C=O) groups excluding carboxylic acids is 1. The third kappa shape index (κ3) is 4.73. The van der Waals surface area contributed by atoms with Crippen LogP contribution in [0.1, 0.15) is 29.8 Å². The molecule has 0 heterocycles. The first kappa shape index (κ1) is 17.8. The minimum absolute atomic E-state index is 0.179. The molecule has 0 unspecified atom stereocenters. The number of rotatable bonds is 6. The average Bonchev–Trinajstić information content (AvgIpc) is 2.54. The zero-order valence-electron chi connectivity index (χ0n) is 13.4. The van der Waals surface area contributed by atoms with Gasteiger partial charge in [0, 0.05) is 11.6 Å². The van der Waals surface area contributed by atoms with Gasteiger partial charge in [-0.2, -0.15) is 0 Å². The van der Waals surface area contributed by atoms with Crippen LogP contribution < -0.4 is 10.1 Å². The monoisotopic (exact) mass is 347 g/mol. The third-order valence-corrected chi connectivity index (χ3v) is 3.61. The van der Waals surface area contributed by atoms with Gasteiger partial charge in [0.25, 0.3) is 5.91 Å². The Kier molecular flexibility index (Phi) is 5.46.